The normalized spacial score (nSPS) is 14.4. The van der Waals surface area contributed by atoms with Crippen LogP contribution in [0, 0.1) is 0 Å². The highest BCUT2D eigenvalue weighted by atomic mass is 32.2. The molecule has 0 unspecified atom stereocenters. The van der Waals surface area contributed by atoms with E-state index in [1.54, 1.807) is 31.4 Å². The smallest absolute Gasteiger partial charge is 0.255 e. The van der Waals surface area contributed by atoms with Crippen LogP contribution in [-0.4, -0.2) is 57.9 Å². The van der Waals surface area contributed by atoms with Crippen LogP contribution in [0.5, 0.6) is 0 Å². The molecule has 2 aromatic carbocycles. The van der Waals surface area contributed by atoms with Gasteiger partial charge in [-0.05, 0) is 55.7 Å². The minimum absolute atomic E-state index is 0.168. The van der Waals surface area contributed by atoms with Crippen LogP contribution in [0.15, 0.2) is 53.4 Å². The number of nitrogens with zero attached hydrogens (tertiary/aromatic N) is 1. The van der Waals surface area contributed by atoms with E-state index in [0.717, 1.165) is 12.8 Å². The average Bonchev–Trinajstić information content (AvgIpc) is 3.33. The molecular weight excluding hydrogens is 418 g/mol. The van der Waals surface area contributed by atoms with E-state index in [1.807, 2.05) is 0 Å². The van der Waals surface area contributed by atoms with E-state index in [1.165, 1.54) is 28.6 Å². The molecule has 31 heavy (non-hydrogen) atoms. The second-order valence-electron chi connectivity index (χ2n) is 7.24. The molecule has 1 fully saturated rings. The van der Waals surface area contributed by atoms with Crippen LogP contribution in [0.3, 0.4) is 0 Å². The van der Waals surface area contributed by atoms with Crippen LogP contribution in [0.4, 0.5) is 5.69 Å². The van der Waals surface area contributed by atoms with Crippen LogP contribution in [0.2, 0.25) is 0 Å². The Labute approximate surface area is 182 Å². The summed E-state index contributed by atoms with van der Waals surface area (Å²) >= 11 is 0. The van der Waals surface area contributed by atoms with Gasteiger partial charge < -0.3 is 15.4 Å². The van der Waals surface area contributed by atoms with E-state index in [9.17, 15) is 18.0 Å². The Balaban J connectivity index is 1.68. The number of para-hydroxylation sites is 1. The molecule has 1 aliphatic heterocycles. The lowest BCUT2D eigenvalue weighted by Crippen LogP contribution is -2.28. The van der Waals surface area contributed by atoms with Gasteiger partial charge in [0.15, 0.2) is 0 Å². The summed E-state index contributed by atoms with van der Waals surface area (Å²) in [6.07, 6.45) is 2.40. The summed E-state index contributed by atoms with van der Waals surface area (Å²) < 4.78 is 31.7. The van der Waals surface area contributed by atoms with E-state index in [4.69, 9.17) is 4.74 Å². The fourth-order valence-corrected chi connectivity index (χ4v) is 4.87. The summed E-state index contributed by atoms with van der Waals surface area (Å²) in [5.41, 5.74) is 1.03. The van der Waals surface area contributed by atoms with Gasteiger partial charge in [0.1, 0.15) is 0 Å². The van der Waals surface area contributed by atoms with Crippen LogP contribution >= 0.6 is 0 Å². The number of rotatable bonds is 9. The zero-order valence-electron chi connectivity index (χ0n) is 17.5. The Morgan fingerprint density at radius 2 is 1.68 bits per heavy atom. The van der Waals surface area contributed by atoms with Crippen molar-refractivity contribution in [1.82, 2.24) is 9.62 Å². The number of carbonyl (C=O) groups is 2. The van der Waals surface area contributed by atoms with Gasteiger partial charge in [0.25, 0.3) is 11.8 Å². The first kappa shape index (κ1) is 22.9. The van der Waals surface area contributed by atoms with Crippen molar-refractivity contribution in [2.24, 2.45) is 0 Å². The Kier molecular flexibility index (Phi) is 7.78. The molecule has 0 spiro atoms. The summed E-state index contributed by atoms with van der Waals surface area (Å²) in [6, 6.07) is 12.6. The Bertz CT molecular complexity index is 1020. The lowest BCUT2D eigenvalue weighted by atomic mass is 10.1. The van der Waals surface area contributed by atoms with Gasteiger partial charge in [-0.1, -0.05) is 12.1 Å². The molecule has 1 saturated heterocycles. The number of ether oxygens (including phenoxy) is 1. The van der Waals surface area contributed by atoms with Gasteiger partial charge in [0.2, 0.25) is 10.0 Å². The van der Waals surface area contributed by atoms with Crippen LogP contribution < -0.4 is 10.6 Å². The maximum Gasteiger partial charge on any atom is 0.255 e. The van der Waals surface area contributed by atoms with E-state index in [0.29, 0.717) is 49.5 Å². The van der Waals surface area contributed by atoms with E-state index < -0.39 is 15.9 Å². The topological polar surface area (TPSA) is 105 Å². The quantitative estimate of drug-likeness (QED) is 0.577. The SMILES string of the molecule is COCCCNC(=O)c1ccccc1NC(=O)c1ccc(S(=O)(=O)N2CCCC2)cc1. The third kappa shape index (κ3) is 5.69. The summed E-state index contributed by atoms with van der Waals surface area (Å²) in [5.74, 6) is -0.719. The first-order valence-electron chi connectivity index (χ1n) is 10.2. The van der Waals surface area contributed by atoms with Gasteiger partial charge >= 0.3 is 0 Å². The Morgan fingerprint density at radius 1 is 1.00 bits per heavy atom. The van der Waals surface area contributed by atoms with Crippen molar-refractivity contribution in [2.45, 2.75) is 24.2 Å². The van der Waals surface area contributed by atoms with Crippen LogP contribution in [0.1, 0.15) is 40.0 Å². The van der Waals surface area contributed by atoms with Crippen molar-refractivity contribution >= 4 is 27.5 Å². The molecule has 166 valence electrons. The molecule has 9 heteroatoms. The van der Waals surface area contributed by atoms with E-state index in [2.05, 4.69) is 10.6 Å². The minimum atomic E-state index is -3.53. The van der Waals surface area contributed by atoms with Gasteiger partial charge in [-0.15, -0.1) is 0 Å². The molecule has 0 bridgehead atoms. The van der Waals surface area contributed by atoms with Crippen molar-refractivity contribution in [3.63, 3.8) is 0 Å². The highest BCUT2D eigenvalue weighted by Gasteiger charge is 2.27. The molecule has 0 aliphatic carbocycles. The molecule has 8 nitrogen and oxygen atoms in total. The largest absolute Gasteiger partial charge is 0.385 e. The van der Waals surface area contributed by atoms with Crippen molar-refractivity contribution in [3.8, 4) is 0 Å². The summed E-state index contributed by atoms with van der Waals surface area (Å²) in [5, 5.41) is 5.53. The number of sulfonamides is 1. The maximum absolute atomic E-state index is 12.7. The highest BCUT2D eigenvalue weighted by molar-refractivity contribution is 7.89. The average molecular weight is 446 g/mol. The zero-order chi connectivity index (χ0) is 22.3. The van der Waals surface area contributed by atoms with E-state index in [-0.39, 0.29) is 10.8 Å². The molecule has 0 atom stereocenters. The minimum Gasteiger partial charge on any atom is -0.385 e. The van der Waals surface area contributed by atoms with Gasteiger partial charge in [0, 0.05) is 38.9 Å². The number of anilines is 1. The highest BCUT2D eigenvalue weighted by Crippen LogP contribution is 2.22. The fourth-order valence-electron chi connectivity index (χ4n) is 3.35. The van der Waals surface area contributed by atoms with Crippen molar-refractivity contribution in [3.05, 3.63) is 59.7 Å². The van der Waals surface area contributed by atoms with Crippen molar-refractivity contribution in [1.29, 1.82) is 0 Å². The third-order valence-electron chi connectivity index (χ3n) is 5.05. The Hall–Kier alpha value is -2.75. The number of amides is 2. The van der Waals surface area contributed by atoms with E-state index >= 15 is 0 Å². The van der Waals surface area contributed by atoms with Crippen LogP contribution in [0.25, 0.3) is 0 Å². The number of methoxy groups -OCH3 is 1. The summed E-state index contributed by atoms with van der Waals surface area (Å²) in [6.45, 7) is 2.05. The standard InChI is InChI=1S/C22H27N3O5S/c1-30-16-6-13-23-22(27)19-7-2-3-8-20(19)24-21(26)17-9-11-18(12-10-17)31(28,29)25-14-4-5-15-25/h2-3,7-12H,4-6,13-16H2,1H3,(H,23,27)(H,24,26). The van der Waals surface area contributed by atoms with Gasteiger partial charge in [-0.3, -0.25) is 9.59 Å². The second-order valence-corrected chi connectivity index (χ2v) is 9.18. The van der Waals surface area contributed by atoms with Gasteiger partial charge in [0.05, 0.1) is 16.1 Å². The third-order valence-corrected chi connectivity index (χ3v) is 6.96. The fraction of sp³-hybridized carbons (Fsp3) is 0.364. The molecule has 0 aromatic heterocycles. The summed E-state index contributed by atoms with van der Waals surface area (Å²) in [7, 11) is -1.93. The predicted molar refractivity (Wildman–Crippen MR) is 118 cm³/mol. The first-order chi connectivity index (χ1) is 14.9. The second kappa shape index (κ2) is 10.5. The number of carbonyl (C=O) groups excluding carboxylic acids is 2. The molecule has 2 aromatic rings. The molecular formula is C22H27N3O5S. The molecule has 2 amide bonds. The number of hydrogen-bond donors (Lipinski definition) is 2. The molecule has 1 heterocycles. The lowest BCUT2D eigenvalue weighted by Gasteiger charge is -2.15. The number of nitrogens with one attached hydrogen (secondary N) is 2. The van der Waals surface area contributed by atoms with Crippen molar-refractivity contribution in [2.75, 3.05) is 38.7 Å². The van der Waals surface area contributed by atoms with Crippen molar-refractivity contribution < 1.29 is 22.7 Å². The monoisotopic (exact) mass is 445 g/mol. The molecule has 0 radical (unpaired) electrons. The van der Waals surface area contributed by atoms with Gasteiger partial charge in [-0.25, -0.2) is 8.42 Å². The molecule has 1 aliphatic rings. The molecule has 2 N–H and O–H groups in total. The molecule has 3 rings (SSSR count). The van der Waals surface area contributed by atoms with Crippen LogP contribution in [-0.2, 0) is 14.8 Å². The van der Waals surface area contributed by atoms with Gasteiger partial charge in [-0.2, -0.15) is 4.31 Å². The number of benzene rings is 2. The predicted octanol–water partition coefficient (Wildman–Crippen LogP) is 2.49. The summed E-state index contributed by atoms with van der Waals surface area (Å²) in [4.78, 5) is 25.3. The zero-order valence-corrected chi connectivity index (χ0v) is 18.3. The maximum atomic E-state index is 12.7. The Morgan fingerprint density at radius 3 is 2.35 bits per heavy atom. The number of hydrogen-bond acceptors (Lipinski definition) is 5. The molecule has 0 saturated carbocycles. The first-order valence-corrected chi connectivity index (χ1v) is 11.6. The lowest BCUT2D eigenvalue weighted by molar-refractivity contribution is 0.0949.